The van der Waals surface area contributed by atoms with Crippen LogP contribution < -0.4 is 10.1 Å². The maximum Gasteiger partial charge on any atom is 0.224 e. The van der Waals surface area contributed by atoms with Crippen LogP contribution in [-0.2, 0) is 4.79 Å². The Balaban J connectivity index is 2.30. The highest BCUT2D eigenvalue weighted by Crippen LogP contribution is 2.12. The Morgan fingerprint density at radius 1 is 1.56 bits per heavy atom. The first-order chi connectivity index (χ1) is 8.65. The molecule has 0 fully saturated rings. The molecule has 1 rings (SSSR count). The van der Waals surface area contributed by atoms with Gasteiger partial charge < -0.3 is 10.1 Å². The van der Waals surface area contributed by atoms with Crippen molar-refractivity contribution in [1.82, 2.24) is 5.32 Å². The molecule has 0 aliphatic heterocycles. The van der Waals surface area contributed by atoms with E-state index >= 15 is 0 Å². The lowest BCUT2D eigenvalue weighted by Crippen LogP contribution is -2.33. The van der Waals surface area contributed by atoms with Gasteiger partial charge in [0.2, 0.25) is 5.91 Å². The highest BCUT2D eigenvalue weighted by Gasteiger charge is 2.07. The van der Waals surface area contributed by atoms with E-state index in [4.69, 9.17) is 11.2 Å². The molecule has 0 bridgehead atoms. The lowest BCUT2D eigenvalue weighted by atomic mass is 10.2. The Hall–Kier alpha value is -1.95. The molecule has 1 atom stereocenters. The van der Waals surface area contributed by atoms with Crippen LogP contribution in [-0.4, -0.2) is 18.6 Å². The van der Waals surface area contributed by atoms with Crippen molar-refractivity contribution in [2.24, 2.45) is 0 Å². The fourth-order valence-corrected chi connectivity index (χ4v) is 1.49. The predicted molar refractivity (Wildman–Crippen MR) is 72.3 cm³/mol. The van der Waals surface area contributed by atoms with Crippen molar-refractivity contribution in [3.8, 4) is 18.1 Å². The van der Waals surface area contributed by atoms with Crippen molar-refractivity contribution < 1.29 is 9.53 Å². The van der Waals surface area contributed by atoms with E-state index in [2.05, 4.69) is 11.2 Å². The summed E-state index contributed by atoms with van der Waals surface area (Å²) in [5.74, 6) is 3.23. The third-order valence-electron chi connectivity index (χ3n) is 2.53. The van der Waals surface area contributed by atoms with Crippen molar-refractivity contribution in [1.29, 1.82) is 0 Å². The minimum absolute atomic E-state index is 0.0764. The van der Waals surface area contributed by atoms with Crippen LogP contribution in [0.5, 0.6) is 5.75 Å². The van der Waals surface area contributed by atoms with Crippen LogP contribution in [0.2, 0.25) is 0 Å². The van der Waals surface area contributed by atoms with Crippen molar-refractivity contribution in [3.05, 3.63) is 29.8 Å². The molecule has 18 heavy (non-hydrogen) atoms. The minimum Gasteiger partial charge on any atom is -0.493 e. The van der Waals surface area contributed by atoms with Gasteiger partial charge in [0.05, 0.1) is 19.1 Å². The molecule has 0 spiro atoms. The maximum absolute atomic E-state index is 11.5. The zero-order valence-corrected chi connectivity index (χ0v) is 10.9. The number of carbonyl (C=O) groups excluding carboxylic acids is 1. The monoisotopic (exact) mass is 245 g/mol. The minimum atomic E-state index is -0.184. The summed E-state index contributed by atoms with van der Waals surface area (Å²) in [6.07, 6.45) is 6.32. The third-order valence-corrected chi connectivity index (χ3v) is 2.53. The average molecular weight is 245 g/mol. The van der Waals surface area contributed by atoms with Crippen molar-refractivity contribution in [2.75, 3.05) is 6.61 Å². The highest BCUT2D eigenvalue weighted by atomic mass is 16.5. The van der Waals surface area contributed by atoms with E-state index in [0.29, 0.717) is 13.0 Å². The molecule has 1 N–H and O–H groups in total. The van der Waals surface area contributed by atoms with Gasteiger partial charge in [-0.3, -0.25) is 4.79 Å². The summed E-state index contributed by atoms with van der Waals surface area (Å²) in [5, 5.41) is 2.76. The van der Waals surface area contributed by atoms with Gasteiger partial charge in [-0.15, -0.1) is 6.42 Å². The molecule has 0 saturated heterocycles. The highest BCUT2D eigenvalue weighted by molar-refractivity contribution is 5.76. The summed E-state index contributed by atoms with van der Waals surface area (Å²) >= 11 is 0. The molecule has 0 aromatic heterocycles. The molecule has 96 valence electrons. The lowest BCUT2D eigenvalue weighted by Gasteiger charge is -2.11. The second-order valence-electron chi connectivity index (χ2n) is 4.11. The van der Waals surface area contributed by atoms with Gasteiger partial charge in [-0.1, -0.05) is 25.0 Å². The Morgan fingerprint density at radius 2 is 2.33 bits per heavy atom. The standard InChI is InChI=1S/C15H19NO2/c1-4-13(5-2)16-15(17)9-10-18-14-8-6-7-12(3)11-14/h1,6-8,11,13H,5,9-10H2,2-3H3,(H,16,17). The predicted octanol–water partition coefficient (Wildman–Crippen LogP) is 2.29. The van der Waals surface area contributed by atoms with Gasteiger partial charge in [-0.05, 0) is 31.0 Å². The molecule has 1 aromatic rings. The Morgan fingerprint density at radius 3 is 2.94 bits per heavy atom. The van der Waals surface area contributed by atoms with Crippen LogP contribution in [0.1, 0.15) is 25.3 Å². The number of benzene rings is 1. The fraction of sp³-hybridized carbons (Fsp3) is 0.400. The lowest BCUT2D eigenvalue weighted by molar-refractivity contribution is -0.121. The first-order valence-electron chi connectivity index (χ1n) is 6.10. The van der Waals surface area contributed by atoms with Crippen molar-refractivity contribution in [3.63, 3.8) is 0 Å². The second-order valence-corrected chi connectivity index (χ2v) is 4.11. The molecule has 0 aliphatic rings. The number of rotatable bonds is 6. The molecule has 0 saturated carbocycles. The number of ether oxygens (including phenoxy) is 1. The summed E-state index contributed by atoms with van der Waals surface area (Å²) in [4.78, 5) is 11.5. The summed E-state index contributed by atoms with van der Waals surface area (Å²) in [6.45, 7) is 4.29. The first kappa shape index (κ1) is 14.1. The van der Waals surface area contributed by atoms with Crippen molar-refractivity contribution >= 4 is 5.91 Å². The van der Waals surface area contributed by atoms with Gasteiger partial charge in [0, 0.05) is 0 Å². The van der Waals surface area contributed by atoms with E-state index in [1.54, 1.807) is 0 Å². The van der Waals surface area contributed by atoms with Crippen LogP contribution >= 0.6 is 0 Å². The van der Waals surface area contributed by atoms with E-state index in [-0.39, 0.29) is 11.9 Å². The zero-order chi connectivity index (χ0) is 13.4. The van der Waals surface area contributed by atoms with E-state index in [0.717, 1.165) is 17.7 Å². The average Bonchev–Trinajstić information content (AvgIpc) is 2.36. The molecule has 3 nitrogen and oxygen atoms in total. The van der Waals surface area contributed by atoms with Crippen LogP contribution in [0, 0.1) is 19.3 Å². The number of amides is 1. The van der Waals surface area contributed by atoms with E-state index in [1.165, 1.54) is 0 Å². The normalized spacial score (nSPS) is 11.4. The fourth-order valence-electron chi connectivity index (χ4n) is 1.49. The molecular weight excluding hydrogens is 226 g/mol. The largest absolute Gasteiger partial charge is 0.493 e. The Labute approximate surface area is 109 Å². The maximum atomic E-state index is 11.5. The topological polar surface area (TPSA) is 38.3 Å². The molecule has 0 radical (unpaired) electrons. The first-order valence-corrected chi connectivity index (χ1v) is 6.10. The third kappa shape index (κ3) is 4.92. The van der Waals surface area contributed by atoms with E-state index < -0.39 is 0 Å². The number of carbonyl (C=O) groups is 1. The van der Waals surface area contributed by atoms with Gasteiger partial charge in [0.25, 0.3) is 0 Å². The molecule has 3 heteroatoms. The van der Waals surface area contributed by atoms with Gasteiger partial charge in [-0.25, -0.2) is 0 Å². The number of aryl methyl sites for hydroxylation is 1. The molecule has 1 aromatic carbocycles. The number of hydrogen-bond acceptors (Lipinski definition) is 2. The summed E-state index contributed by atoms with van der Waals surface area (Å²) in [6, 6.07) is 7.56. The SMILES string of the molecule is C#CC(CC)NC(=O)CCOc1cccc(C)c1. The second kappa shape index (κ2) is 7.39. The zero-order valence-electron chi connectivity index (χ0n) is 10.9. The number of nitrogens with one attached hydrogen (secondary N) is 1. The summed E-state index contributed by atoms with van der Waals surface area (Å²) in [5.41, 5.74) is 1.13. The molecule has 0 heterocycles. The Kier molecular flexibility index (Phi) is 5.79. The van der Waals surface area contributed by atoms with Gasteiger partial charge in [0.1, 0.15) is 5.75 Å². The van der Waals surface area contributed by atoms with Gasteiger partial charge in [-0.2, -0.15) is 0 Å². The quantitative estimate of drug-likeness (QED) is 0.781. The molecule has 1 amide bonds. The molecule has 0 aliphatic carbocycles. The molecule has 1 unspecified atom stereocenters. The van der Waals surface area contributed by atoms with E-state index in [1.807, 2.05) is 38.1 Å². The number of hydrogen-bond donors (Lipinski definition) is 1. The van der Waals surface area contributed by atoms with Crippen LogP contribution in [0.3, 0.4) is 0 Å². The number of terminal acetylenes is 1. The van der Waals surface area contributed by atoms with Crippen molar-refractivity contribution in [2.45, 2.75) is 32.7 Å². The molecular formula is C15H19NO2. The van der Waals surface area contributed by atoms with E-state index in [9.17, 15) is 4.79 Å². The Bertz CT molecular complexity index is 434. The summed E-state index contributed by atoms with van der Waals surface area (Å²) < 4.78 is 5.49. The van der Waals surface area contributed by atoms with Gasteiger partial charge in [0.15, 0.2) is 0 Å². The van der Waals surface area contributed by atoms with Crippen LogP contribution in [0.4, 0.5) is 0 Å². The van der Waals surface area contributed by atoms with Crippen LogP contribution in [0.15, 0.2) is 24.3 Å². The van der Waals surface area contributed by atoms with Crippen LogP contribution in [0.25, 0.3) is 0 Å². The summed E-state index contributed by atoms with van der Waals surface area (Å²) in [7, 11) is 0. The van der Waals surface area contributed by atoms with Gasteiger partial charge >= 0.3 is 0 Å². The smallest absolute Gasteiger partial charge is 0.224 e.